The van der Waals surface area contributed by atoms with Gasteiger partial charge >= 0.3 is 5.63 Å². The van der Waals surface area contributed by atoms with E-state index in [1.807, 2.05) is 12.1 Å². The molecule has 84 valence electrons. The lowest BCUT2D eigenvalue weighted by atomic mass is 10.0. The lowest BCUT2D eigenvalue weighted by molar-refractivity contribution is 0.477. The normalized spacial score (nSPS) is 11.1. The Morgan fingerprint density at radius 2 is 1.82 bits per heavy atom. The summed E-state index contributed by atoms with van der Waals surface area (Å²) in [6.45, 7) is 1.80. The molecule has 2 aromatic carbocycles. The third kappa shape index (κ3) is 1.32. The standard InChI is InChI=1S/C14H10O3/c1-8-6-7-10-12(13(8)15)9-4-2-3-5-11(9)17-14(10)16/h2-7,15H,1H3. The summed E-state index contributed by atoms with van der Waals surface area (Å²) < 4.78 is 5.20. The minimum Gasteiger partial charge on any atom is -0.507 e. The van der Waals surface area contributed by atoms with Gasteiger partial charge < -0.3 is 9.52 Å². The Morgan fingerprint density at radius 1 is 1.06 bits per heavy atom. The fourth-order valence-corrected chi connectivity index (χ4v) is 2.06. The second-order valence-electron chi connectivity index (χ2n) is 4.04. The Balaban J connectivity index is 2.72. The second kappa shape index (κ2) is 3.35. The Bertz CT molecular complexity index is 784. The van der Waals surface area contributed by atoms with Crippen LogP contribution in [0.3, 0.4) is 0 Å². The van der Waals surface area contributed by atoms with Crippen molar-refractivity contribution in [3.05, 3.63) is 52.4 Å². The highest BCUT2D eigenvalue weighted by atomic mass is 16.4. The molecule has 0 aliphatic carbocycles. The van der Waals surface area contributed by atoms with Crippen LogP contribution >= 0.6 is 0 Å². The van der Waals surface area contributed by atoms with Crippen molar-refractivity contribution >= 4 is 21.7 Å². The molecule has 1 aromatic heterocycles. The van der Waals surface area contributed by atoms with Crippen LogP contribution in [0.2, 0.25) is 0 Å². The van der Waals surface area contributed by atoms with Crippen molar-refractivity contribution < 1.29 is 9.52 Å². The SMILES string of the molecule is Cc1ccc2c(=O)oc3ccccc3c2c1O. The number of benzene rings is 2. The Morgan fingerprint density at radius 3 is 2.65 bits per heavy atom. The fraction of sp³-hybridized carbons (Fsp3) is 0.0714. The number of para-hydroxylation sites is 1. The molecule has 0 aliphatic rings. The van der Waals surface area contributed by atoms with E-state index in [0.29, 0.717) is 16.4 Å². The molecular weight excluding hydrogens is 216 g/mol. The largest absolute Gasteiger partial charge is 0.507 e. The molecule has 0 amide bonds. The summed E-state index contributed by atoms with van der Waals surface area (Å²) in [7, 11) is 0. The highest BCUT2D eigenvalue weighted by Crippen LogP contribution is 2.32. The van der Waals surface area contributed by atoms with E-state index in [1.165, 1.54) is 0 Å². The molecule has 3 aromatic rings. The first kappa shape index (κ1) is 9.90. The quantitative estimate of drug-likeness (QED) is 0.473. The van der Waals surface area contributed by atoms with Gasteiger partial charge in [0.1, 0.15) is 11.3 Å². The van der Waals surface area contributed by atoms with E-state index in [1.54, 1.807) is 31.2 Å². The van der Waals surface area contributed by atoms with Crippen molar-refractivity contribution in [3.8, 4) is 5.75 Å². The number of fused-ring (bicyclic) bond motifs is 3. The van der Waals surface area contributed by atoms with Crippen LogP contribution in [0.5, 0.6) is 5.75 Å². The lowest BCUT2D eigenvalue weighted by Gasteiger charge is -2.06. The number of aryl methyl sites for hydroxylation is 1. The fourth-order valence-electron chi connectivity index (χ4n) is 2.06. The number of hydrogen-bond acceptors (Lipinski definition) is 3. The molecule has 0 bridgehead atoms. The number of phenols is 1. The van der Waals surface area contributed by atoms with Crippen LogP contribution in [0.1, 0.15) is 5.56 Å². The minimum atomic E-state index is -0.422. The van der Waals surface area contributed by atoms with Crippen LogP contribution in [0.15, 0.2) is 45.6 Å². The molecule has 0 fully saturated rings. The van der Waals surface area contributed by atoms with Crippen LogP contribution in [-0.2, 0) is 0 Å². The summed E-state index contributed by atoms with van der Waals surface area (Å²) in [6.07, 6.45) is 0. The molecule has 1 N–H and O–H groups in total. The molecule has 0 saturated carbocycles. The Hall–Kier alpha value is -2.29. The van der Waals surface area contributed by atoms with E-state index in [0.717, 1.165) is 10.9 Å². The smallest absolute Gasteiger partial charge is 0.344 e. The van der Waals surface area contributed by atoms with E-state index in [4.69, 9.17) is 4.42 Å². The highest BCUT2D eigenvalue weighted by molar-refractivity contribution is 6.08. The summed E-state index contributed by atoms with van der Waals surface area (Å²) >= 11 is 0. The predicted octanol–water partition coefficient (Wildman–Crippen LogP) is 2.96. The maximum atomic E-state index is 11.8. The summed E-state index contributed by atoms with van der Waals surface area (Å²) in [4.78, 5) is 11.8. The van der Waals surface area contributed by atoms with Gasteiger partial charge in [-0.15, -0.1) is 0 Å². The summed E-state index contributed by atoms with van der Waals surface area (Å²) in [6, 6.07) is 10.6. The lowest BCUT2D eigenvalue weighted by Crippen LogP contribution is -2.00. The van der Waals surface area contributed by atoms with Crippen molar-refractivity contribution in [3.63, 3.8) is 0 Å². The zero-order chi connectivity index (χ0) is 12.0. The van der Waals surface area contributed by atoms with Gasteiger partial charge in [0.05, 0.1) is 5.39 Å². The number of hydrogen-bond donors (Lipinski definition) is 1. The summed E-state index contributed by atoms with van der Waals surface area (Å²) in [5, 5.41) is 11.8. The first-order valence-electron chi connectivity index (χ1n) is 5.32. The zero-order valence-electron chi connectivity index (χ0n) is 9.23. The van der Waals surface area contributed by atoms with Gasteiger partial charge in [-0.05, 0) is 24.6 Å². The molecule has 0 atom stereocenters. The van der Waals surface area contributed by atoms with Crippen LogP contribution in [-0.4, -0.2) is 5.11 Å². The molecule has 3 heteroatoms. The Labute approximate surface area is 96.9 Å². The molecule has 3 rings (SSSR count). The second-order valence-corrected chi connectivity index (χ2v) is 4.04. The first-order chi connectivity index (χ1) is 8.18. The van der Waals surface area contributed by atoms with Crippen LogP contribution < -0.4 is 5.63 Å². The van der Waals surface area contributed by atoms with Crippen molar-refractivity contribution in [2.75, 3.05) is 0 Å². The van der Waals surface area contributed by atoms with Gasteiger partial charge in [0.2, 0.25) is 0 Å². The average Bonchev–Trinajstić information content (AvgIpc) is 2.33. The molecule has 0 radical (unpaired) electrons. The van der Waals surface area contributed by atoms with Gasteiger partial charge in [-0.3, -0.25) is 0 Å². The van der Waals surface area contributed by atoms with E-state index in [9.17, 15) is 9.90 Å². The molecule has 0 spiro atoms. The maximum Gasteiger partial charge on any atom is 0.344 e. The van der Waals surface area contributed by atoms with Gasteiger partial charge in [-0.1, -0.05) is 24.3 Å². The number of aromatic hydroxyl groups is 1. The van der Waals surface area contributed by atoms with Crippen LogP contribution in [0.25, 0.3) is 21.7 Å². The van der Waals surface area contributed by atoms with E-state index < -0.39 is 5.63 Å². The van der Waals surface area contributed by atoms with E-state index in [2.05, 4.69) is 0 Å². The van der Waals surface area contributed by atoms with Gasteiger partial charge in [0.25, 0.3) is 0 Å². The predicted molar refractivity (Wildman–Crippen MR) is 66.4 cm³/mol. The van der Waals surface area contributed by atoms with Gasteiger partial charge in [-0.25, -0.2) is 4.79 Å². The van der Waals surface area contributed by atoms with Gasteiger partial charge in [-0.2, -0.15) is 0 Å². The van der Waals surface area contributed by atoms with Crippen molar-refractivity contribution in [2.24, 2.45) is 0 Å². The highest BCUT2D eigenvalue weighted by Gasteiger charge is 2.11. The molecule has 1 heterocycles. The monoisotopic (exact) mass is 226 g/mol. The van der Waals surface area contributed by atoms with E-state index in [-0.39, 0.29) is 5.75 Å². The third-order valence-electron chi connectivity index (χ3n) is 2.96. The van der Waals surface area contributed by atoms with Gasteiger partial charge in [0, 0.05) is 10.8 Å². The molecule has 17 heavy (non-hydrogen) atoms. The van der Waals surface area contributed by atoms with Crippen molar-refractivity contribution in [2.45, 2.75) is 6.92 Å². The molecule has 0 unspecified atom stereocenters. The minimum absolute atomic E-state index is 0.145. The summed E-state index contributed by atoms with van der Waals surface area (Å²) in [5.41, 5.74) is 0.813. The van der Waals surface area contributed by atoms with Gasteiger partial charge in [0.15, 0.2) is 0 Å². The Kier molecular flexibility index (Phi) is 1.95. The van der Waals surface area contributed by atoms with E-state index >= 15 is 0 Å². The van der Waals surface area contributed by atoms with Crippen LogP contribution in [0.4, 0.5) is 0 Å². The molecule has 0 aliphatic heterocycles. The van der Waals surface area contributed by atoms with Crippen molar-refractivity contribution in [1.82, 2.24) is 0 Å². The molecule has 0 saturated heterocycles. The molecule has 3 nitrogen and oxygen atoms in total. The first-order valence-corrected chi connectivity index (χ1v) is 5.32. The third-order valence-corrected chi connectivity index (χ3v) is 2.96. The average molecular weight is 226 g/mol. The van der Waals surface area contributed by atoms with Crippen LogP contribution in [0, 0.1) is 6.92 Å². The topological polar surface area (TPSA) is 50.4 Å². The number of rotatable bonds is 0. The molecular formula is C14H10O3. The number of phenolic OH excluding ortho intramolecular Hbond substituents is 1. The van der Waals surface area contributed by atoms with Crippen molar-refractivity contribution in [1.29, 1.82) is 0 Å². The zero-order valence-corrected chi connectivity index (χ0v) is 9.23. The summed E-state index contributed by atoms with van der Waals surface area (Å²) in [5.74, 6) is 0.145. The maximum absolute atomic E-state index is 11.8.